The number of aliphatic hydroxyl groups excluding tert-OH is 1. The average molecular weight is 220 g/mol. The molecule has 0 amide bonds. The maximum Gasteiger partial charge on any atom is 0.152 e. The number of rotatable bonds is 2. The normalized spacial score (nSPS) is 28.8. The Balaban J connectivity index is 2.02. The molecule has 86 valence electrons. The fourth-order valence-corrected chi connectivity index (χ4v) is 2.21. The number of fused-ring (bicyclic) bond motifs is 1. The van der Waals surface area contributed by atoms with E-state index in [1.165, 1.54) is 12.8 Å². The van der Waals surface area contributed by atoms with Crippen LogP contribution in [0.3, 0.4) is 0 Å². The molecule has 0 radical (unpaired) electrons. The Hall–Kier alpha value is -1.20. The highest BCUT2D eigenvalue weighted by molar-refractivity contribution is 5.88. The van der Waals surface area contributed by atoms with Crippen LogP contribution < -0.4 is 5.73 Å². The van der Waals surface area contributed by atoms with Crippen LogP contribution in [-0.2, 0) is 0 Å². The molecular weight excluding hydrogens is 204 g/mol. The molecule has 5 nitrogen and oxygen atoms in total. The van der Waals surface area contributed by atoms with Gasteiger partial charge in [0.15, 0.2) is 5.82 Å². The van der Waals surface area contributed by atoms with Gasteiger partial charge >= 0.3 is 0 Å². The van der Waals surface area contributed by atoms with Crippen molar-refractivity contribution in [1.29, 1.82) is 0 Å². The first kappa shape index (κ1) is 9.99. The van der Waals surface area contributed by atoms with E-state index >= 15 is 0 Å². The van der Waals surface area contributed by atoms with Crippen LogP contribution in [0, 0.1) is 5.92 Å². The number of aliphatic imine (C=N–C) groups is 1. The second-order valence-corrected chi connectivity index (χ2v) is 4.68. The summed E-state index contributed by atoms with van der Waals surface area (Å²) in [4.78, 5) is 4.46. The van der Waals surface area contributed by atoms with Gasteiger partial charge in [0, 0.05) is 17.7 Å². The van der Waals surface area contributed by atoms with Gasteiger partial charge in [-0.15, -0.1) is 0 Å². The molecule has 2 aliphatic rings. The third kappa shape index (κ3) is 1.39. The topological polar surface area (TPSA) is 76.4 Å². The standard InChI is InChI=1S/C11H16N4O/c1-6-8(5-16)11(12)15-10(13-6)4-9(14-15)7-2-3-7/h4,7-8,11,16H,2-3,5,12H2,1H3. The van der Waals surface area contributed by atoms with Crippen molar-refractivity contribution in [2.24, 2.45) is 16.6 Å². The molecule has 1 aliphatic carbocycles. The van der Waals surface area contributed by atoms with Crippen molar-refractivity contribution in [3.05, 3.63) is 11.8 Å². The molecule has 0 aromatic carbocycles. The molecule has 2 atom stereocenters. The molecule has 1 aromatic rings. The van der Waals surface area contributed by atoms with Crippen LogP contribution >= 0.6 is 0 Å². The van der Waals surface area contributed by atoms with Crippen molar-refractivity contribution in [3.8, 4) is 0 Å². The van der Waals surface area contributed by atoms with E-state index in [4.69, 9.17) is 5.73 Å². The van der Waals surface area contributed by atoms with Gasteiger partial charge < -0.3 is 10.8 Å². The van der Waals surface area contributed by atoms with Gasteiger partial charge in [0.25, 0.3) is 0 Å². The first-order chi connectivity index (χ1) is 7.70. The van der Waals surface area contributed by atoms with E-state index in [9.17, 15) is 5.11 Å². The molecule has 1 fully saturated rings. The van der Waals surface area contributed by atoms with Crippen molar-refractivity contribution in [2.45, 2.75) is 31.8 Å². The smallest absolute Gasteiger partial charge is 0.152 e. The number of nitrogens with zero attached hydrogens (tertiary/aromatic N) is 3. The van der Waals surface area contributed by atoms with Crippen molar-refractivity contribution in [3.63, 3.8) is 0 Å². The molecule has 1 aromatic heterocycles. The summed E-state index contributed by atoms with van der Waals surface area (Å²) >= 11 is 0. The maximum atomic E-state index is 9.28. The van der Waals surface area contributed by atoms with Gasteiger partial charge in [-0.1, -0.05) is 0 Å². The Bertz CT molecular complexity index is 447. The molecule has 1 saturated carbocycles. The third-order valence-corrected chi connectivity index (χ3v) is 3.45. The van der Waals surface area contributed by atoms with E-state index in [0.717, 1.165) is 17.2 Å². The molecular formula is C11H16N4O. The summed E-state index contributed by atoms with van der Waals surface area (Å²) in [7, 11) is 0. The van der Waals surface area contributed by atoms with E-state index in [0.29, 0.717) is 5.92 Å². The monoisotopic (exact) mass is 220 g/mol. The average Bonchev–Trinajstić information content (AvgIpc) is 3.00. The summed E-state index contributed by atoms with van der Waals surface area (Å²) in [6.45, 7) is 1.93. The fraction of sp³-hybridized carbons (Fsp3) is 0.636. The van der Waals surface area contributed by atoms with Gasteiger partial charge in [-0.05, 0) is 19.8 Å². The van der Waals surface area contributed by atoms with E-state index in [-0.39, 0.29) is 18.7 Å². The largest absolute Gasteiger partial charge is 0.396 e. The lowest BCUT2D eigenvalue weighted by Gasteiger charge is -2.26. The summed E-state index contributed by atoms with van der Waals surface area (Å²) in [5.74, 6) is 1.32. The van der Waals surface area contributed by atoms with Gasteiger partial charge in [-0.2, -0.15) is 5.10 Å². The van der Waals surface area contributed by atoms with Gasteiger partial charge in [-0.25, -0.2) is 9.67 Å². The van der Waals surface area contributed by atoms with Crippen molar-refractivity contribution < 1.29 is 5.11 Å². The third-order valence-electron chi connectivity index (χ3n) is 3.45. The summed E-state index contributed by atoms with van der Waals surface area (Å²) in [6.07, 6.45) is 2.15. The molecule has 2 heterocycles. The van der Waals surface area contributed by atoms with Gasteiger partial charge in [-0.3, -0.25) is 0 Å². The number of aromatic nitrogens is 2. The zero-order valence-electron chi connectivity index (χ0n) is 9.30. The number of hydrogen-bond donors (Lipinski definition) is 2. The Morgan fingerprint density at radius 3 is 2.94 bits per heavy atom. The quantitative estimate of drug-likeness (QED) is 0.778. The predicted molar refractivity (Wildman–Crippen MR) is 60.8 cm³/mol. The van der Waals surface area contributed by atoms with Crippen LogP contribution in [0.25, 0.3) is 0 Å². The van der Waals surface area contributed by atoms with Crippen molar-refractivity contribution in [1.82, 2.24) is 9.78 Å². The first-order valence-electron chi connectivity index (χ1n) is 5.71. The summed E-state index contributed by atoms with van der Waals surface area (Å²) in [6, 6.07) is 2.02. The molecule has 3 rings (SSSR count). The Morgan fingerprint density at radius 1 is 1.56 bits per heavy atom. The molecule has 1 aliphatic heterocycles. The van der Waals surface area contributed by atoms with Crippen molar-refractivity contribution >= 4 is 11.5 Å². The van der Waals surface area contributed by atoms with E-state index in [1.807, 2.05) is 13.0 Å². The summed E-state index contributed by atoms with van der Waals surface area (Å²) in [5, 5.41) is 13.8. The minimum atomic E-state index is -0.287. The molecule has 0 saturated heterocycles. The molecule has 2 unspecified atom stereocenters. The SMILES string of the molecule is CC1=Nc2cc(C3CC3)nn2C(N)C1CO. The molecule has 5 heteroatoms. The van der Waals surface area contributed by atoms with Crippen LogP contribution in [0.5, 0.6) is 0 Å². The van der Waals surface area contributed by atoms with Gasteiger partial charge in [0.05, 0.1) is 18.2 Å². The Labute approximate surface area is 94.0 Å². The van der Waals surface area contributed by atoms with Crippen LogP contribution in [0.2, 0.25) is 0 Å². The van der Waals surface area contributed by atoms with E-state index < -0.39 is 0 Å². The lowest BCUT2D eigenvalue weighted by atomic mass is 10.0. The van der Waals surface area contributed by atoms with Crippen LogP contribution in [0.4, 0.5) is 5.82 Å². The number of nitrogens with two attached hydrogens (primary N) is 1. The lowest BCUT2D eigenvalue weighted by Crippen LogP contribution is -2.37. The van der Waals surface area contributed by atoms with Crippen LogP contribution in [0.15, 0.2) is 11.1 Å². The minimum absolute atomic E-state index is 0.0224. The highest BCUT2D eigenvalue weighted by Crippen LogP contribution is 2.41. The molecule has 3 N–H and O–H groups in total. The van der Waals surface area contributed by atoms with Crippen LogP contribution in [0.1, 0.15) is 37.5 Å². The number of hydrogen-bond acceptors (Lipinski definition) is 4. The summed E-state index contributed by atoms with van der Waals surface area (Å²) in [5.41, 5.74) is 8.08. The molecule has 0 bridgehead atoms. The van der Waals surface area contributed by atoms with E-state index in [2.05, 4.69) is 10.1 Å². The second kappa shape index (κ2) is 3.40. The van der Waals surface area contributed by atoms with Gasteiger partial charge in [0.2, 0.25) is 0 Å². The molecule has 16 heavy (non-hydrogen) atoms. The van der Waals surface area contributed by atoms with Crippen molar-refractivity contribution in [2.75, 3.05) is 6.61 Å². The molecule has 0 spiro atoms. The highest BCUT2D eigenvalue weighted by atomic mass is 16.3. The van der Waals surface area contributed by atoms with Crippen LogP contribution in [-0.4, -0.2) is 27.2 Å². The first-order valence-corrected chi connectivity index (χ1v) is 5.71. The Morgan fingerprint density at radius 2 is 2.31 bits per heavy atom. The second-order valence-electron chi connectivity index (χ2n) is 4.68. The fourth-order valence-electron chi connectivity index (χ4n) is 2.21. The predicted octanol–water partition coefficient (Wildman–Crippen LogP) is 0.932. The zero-order valence-corrected chi connectivity index (χ0v) is 9.30. The maximum absolute atomic E-state index is 9.28. The lowest BCUT2D eigenvalue weighted by molar-refractivity contribution is 0.212. The number of aliphatic hydroxyl groups is 1. The minimum Gasteiger partial charge on any atom is -0.396 e. The summed E-state index contributed by atoms with van der Waals surface area (Å²) < 4.78 is 1.75. The Kier molecular flexibility index (Phi) is 2.12. The highest BCUT2D eigenvalue weighted by Gasteiger charge is 2.32. The zero-order chi connectivity index (χ0) is 11.3. The van der Waals surface area contributed by atoms with Gasteiger partial charge in [0.1, 0.15) is 6.17 Å². The van der Waals surface area contributed by atoms with E-state index in [1.54, 1.807) is 4.68 Å².